The van der Waals surface area contributed by atoms with E-state index in [2.05, 4.69) is 16.3 Å². The van der Waals surface area contributed by atoms with Crippen LogP contribution in [-0.2, 0) is 22.4 Å². The number of anilines is 1. The van der Waals surface area contributed by atoms with Crippen LogP contribution in [0.3, 0.4) is 0 Å². The third kappa shape index (κ3) is 4.00. The van der Waals surface area contributed by atoms with Crippen molar-refractivity contribution in [3.63, 3.8) is 0 Å². The van der Waals surface area contributed by atoms with E-state index in [1.165, 1.54) is 28.0 Å². The van der Waals surface area contributed by atoms with Crippen molar-refractivity contribution < 1.29 is 14.3 Å². The molecule has 1 fully saturated rings. The number of thiazole rings is 1. The molecule has 162 valence electrons. The quantitative estimate of drug-likeness (QED) is 0.560. The van der Waals surface area contributed by atoms with Crippen molar-refractivity contribution in [2.45, 2.75) is 44.6 Å². The second kappa shape index (κ2) is 8.68. The van der Waals surface area contributed by atoms with Crippen molar-refractivity contribution in [1.29, 1.82) is 0 Å². The molecule has 1 amide bonds. The van der Waals surface area contributed by atoms with Crippen LogP contribution in [-0.4, -0.2) is 42.0 Å². The molecule has 3 aromatic rings. The number of esters is 1. The fourth-order valence-corrected chi connectivity index (χ4v) is 7.08. The minimum Gasteiger partial charge on any atom is -0.465 e. The minimum absolute atomic E-state index is 0.0863. The molecule has 2 aromatic heterocycles. The Labute approximate surface area is 189 Å². The molecular formula is C23H25N3O3S2. The van der Waals surface area contributed by atoms with Crippen molar-refractivity contribution in [2.75, 3.05) is 25.5 Å². The molecule has 31 heavy (non-hydrogen) atoms. The summed E-state index contributed by atoms with van der Waals surface area (Å²) in [7, 11) is 1.40. The number of fused-ring (bicyclic) bond motifs is 2. The van der Waals surface area contributed by atoms with E-state index in [0.717, 1.165) is 61.2 Å². The van der Waals surface area contributed by atoms with Gasteiger partial charge in [-0.2, -0.15) is 0 Å². The number of hydrogen-bond acceptors (Lipinski definition) is 7. The van der Waals surface area contributed by atoms with Crippen LogP contribution in [0.25, 0.3) is 10.2 Å². The molecule has 6 nitrogen and oxygen atoms in total. The summed E-state index contributed by atoms with van der Waals surface area (Å²) in [6, 6.07) is 8.33. The van der Waals surface area contributed by atoms with Gasteiger partial charge in [0.05, 0.1) is 35.5 Å². The molecule has 1 N–H and O–H groups in total. The standard InChI is InChI=1S/C23H25N3O3S2/c1-29-23(28)20-14-7-2-4-10-17(14)30-22(20)25-19(27)13-26-12-6-9-16(26)21-24-15-8-3-5-11-18(15)31-21/h3,5,8,11,16H,2,4,6-7,9-10,12-13H2,1H3,(H,25,27). The van der Waals surface area contributed by atoms with Gasteiger partial charge in [0.1, 0.15) is 10.0 Å². The van der Waals surface area contributed by atoms with Crippen LogP contribution in [0.1, 0.15) is 57.5 Å². The van der Waals surface area contributed by atoms with Gasteiger partial charge >= 0.3 is 5.97 Å². The first-order valence-corrected chi connectivity index (χ1v) is 12.4. The Morgan fingerprint density at radius 2 is 2.03 bits per heavy atom. The fourth-order valence-electron chi connectivity index (χ4n) is 4.65. The SMILES string of the molecule is COC(=O)c1c(NC(=O)CN2CCCC2c2nc3ccccc3s2)sc2c1CCCC2. The van der Waals surface area contributed by atoms with Crippen molar-refractivity contribution in [3.05, 3.63) is 45.3 Å². The maximum atomic E-state index is 13.0. The highest BCUT2D eigenvalue weighted by Crippen LogP contribution is 2.39. The maximum absolute atomic E-state index is 13.0. The second-order valence-corrected chi connectivity index (χ2v) is 10.3. The number of para-hydroxylation sites is 1. The smallest absolute Gasteiger partial charge is 0.341 e. The Kier molecular flexibility index (Phi) is 5.77. The first kappa shape index (κ1) is 20.6. The number of aryl methyl sites for hydroxylation is 1. The molecule has 0 spiro atoms. The molecular weight excluding hydrogens is 430 g/mol. The monoisotopic (exact) mass is 455 g/mol. The van der Waals surface area contributed by atoms with Gasteiger partial charge in [-0.15, -0.1) is 22.7 Å². The summed E-state index contributed by atoms with van der Waals surface area (Å²) in [5.41, 5.74) is 2.64. The Balaban J connectivity index is 1.33. The number of nitrogens with zero attached hydrogens (tertiary/aromatic N) is 2. The lowest BCUT2D eigenvalue weighted by atomic mass is 9.95. The molecule has 5 rings (SSSR count). The predicted octanol–water partition coefficient (Wildman–Crippen LogP) is 4.80. The number of hydrogen-bond donors (Lipinski definition) is 1. The number of rotatable bonds is 5. The maximum Gasteiger partial charge on any atom is 0.341 e. The normalized spacial score (nSPS) is 18.8. The molecule has 1 unspecified atom stereocenters. The van der Waals surface area contributed by atoms with Gasteiger partial charge in [-0.3, -0.25) is 9.69 Å². The molecule has 1 aromatic carbocycles. The van der Waals surface area contributed by atoms with Gasteiger partial charge in [0.15, 0.2) is 0 Å². The highest BCUT2D eigenvalue weighted by atomic mass is 32.1. The lowest BCUT2D eigenvalue weighted by Gasteiger charge is -2.22. The van der Waals surface area contributed by atoms with E-state index in [1.54, 1.807) is 11.3 Å². The average molecular weight is 456 g/mol. The summed E-state index contributed by atoms with van der Waals surface area (Å²) in [5, 5.41) is 4.74. The number of aromatic nitrogens is 1. The topological polar surface area (TPSA) is 71.5 Å². The third-order valence-electron chi connectivity index (χ3n) is 6.12. The fraction of sp³-hybridized carbons (Fsp3) is 0.435. The number of amides is 1. The minimum atomic E-state index is -0.358. The number of carbonyl (C=O) groups is 2. The second-order valence-electron chi connectivity index (χ2n) is 8.10. The molecule has 1 aliphatic carbocycles. The van der Waals surface area contributed by atoms with E-state index in [4.69, 9.17) is 9.72 Å². The van der Waals surface area contributed by atoms with Crippen LogP contribution in [0.4, 0.5) is 5.00 Å². The van der Waals surface area contributed by atoms with E-state index < -0.39 is 0 Å². The summed E-state index contributed by atoms with van der Waals surface area (Å²) in [6.07, 6.45) is 6.09. The molecule has 1 atom stereocenters. The molecule has 3 heterocycles. The van der Waals surface area contributed by atoms with Crippen molar-refractivity contribution in [1.82, 2.24) is 9.88 Å². The number of methoxy groups -OCH3 is 1. The van der Waals surface area contributed by atoms with Crippen LogP contribution < -0.4 is 5.32 Å². The molecule has 0 bridgehead atoms. The number of thiophene rings is 1. The summed E-state index contributed by atoms with van der Waals surface area (Å²) >= 11 is 3.24. The summed E-state index contributed by atoms with van der Waals surface area (Å²) in [4.78, 5) is 33.6. The van der Waals surface area contributed by atoms with Gasteiger partial charge in [-0.05, 0) is 62.8 Å². The van der Waals surface area contributed by atoms with E-state index >= 15 is 0 Å². The van der Waals surface area contributed by atoms with E-state index in [0.29, 0.717) is 17.1 Å². The predicted molar refractivity (Wildman–Crippen MR) is 124 cm³/mol. The van der Waals surface area contributed by atoms with Crippen LogP contribution in [0.15, 0.2) is 24.3 Å². The zero-order chi connectivity index (χ0) is 21.4. The molecule has 0 saturated carbocycles. The number of likely N-dealkylation sites (tertiary alicyclic amines) is 1. The molecule has 1 saturated heterocycles. The Morgan fingerprint density at radius 3 is 2.87 bits per heavy atom. The first-order valence-electron chi connectivity index (χ1n) is 10.8. The summed E-state index contributed by atoms with van der Waals surface area (Å²) in [5.74, 6) is -0.444. The van der Waals surface area contributed by atoms with Crippen molar-refractivity contribution >= 4 is 49.8 Å². The van der Waals surface area contributed by atoms with Gasteiger partial charge in [0.2, 0.25) is 5.91 Å². The number of nitrogens with one attached hydrogen (secondary N) is 1. The molecule has 8 heteroatoms. The third-order valence-corrected chi connectivity index (χ3v) is 8.46. The van der Waals surface area contributed by atoms with Crippen molar-refractivity contribution in [3.8, 4) is 0 Å². The van der Waals surface area contributed by atoms with Crippen LogP contribution >= 0.6 is 22.7 Å². The van der Waals surface area contributed by atoms with Gasteiger partial charge in [0, 0.05) is 4.88 Å². The summed E-state index contributed by atoms with van der Waals surface area (Å²) in [6.45, 7) is 1.17. The number of benzene rings is 1. The van der Waals surface area contributed by atoms with Crippen LogP contribution in [0.2, 0.25) is 0 Å². The average Bonchev–Trinajstić information content (AvgIpc) is 3.48. The Morgan fingerprint density at radius 1 is 1.19 bits per heavy atom. The van der Waals surface area contributed by atoms with E-state index in [9.17, 15) is 9.59 Å². The van der Waals surface area contributed by atoms with Crippen molar-refractivity contribution in [2.24, 2.45) is 0 Å². The molecule has 1 aliphatic heterocycles. The highest BCUT2D eigenvalue weighted by Gasteiger charge is 2.31. The van der Waals surface area contributed by atoms with Gasteiger partial charge in [-0.25, -0.2) is 9.78 Å². The zero-order valence-corrected chi connectivity index (χ0v) is 19.1. The first-order chi connectivity index (χ1) is 15.1. The molecule has 2 aliphatic rings. The molecule has 0 radical (unpaired) electrons. The van der Waals surface area contributed by atoms with Gasteiger partial charge in [0.25, 0.3) is 0 Å². The van der Waals surface area contributed by atoms with Crippen LogP contribution in [0, 0.1) is 0 Å². The number of carbonyl (C=O) groups excluding carboxylic acids is 2. The lowest BCUT2D eigenvalue weighted by Crippen LogP contribution is -2.33. The largest absolute Gasteiger partial charge is 0.465 e. The van der Waals surface area contributed by atoms with E-state index in [1.807, 2.05) is 18.2 Å². The van der Waals surface area contributed by atoms with E-state index in [-0.39, 0.29) is 17.9 Å². The van der Waals surface area contributed by atoms with Gasteiger partial charge < -0.3 is 10.1 Å². The highest BCUT2D eigenvalue weighted by molar-refractivity contribution is 7.18. The van der Waals surface area contributed by atoms with Crippen LogP contribution in [0.5, 0.6) is 0 Å². The summed E-state index contributed by atoms with van der Waals surface area (Å²) < 4.78 is 6.20. The Bertz CT molecular complexity index is 1100. The number of ether oxygens (including phenoxy) is 1. The lowest BCUT2D eigenvalue weighted by molar-refractivity contribution is -0.117. The zero-order valence-electron chi connectivity index (χ0n) is 17.5. The van der Waals surface area contributed by atoms with Gasteiger partial charge in [-0.1, -0.05) is 12.1 Å². The Hall–Kier alpha value is -2.29.